The molecule has 0 aromatic rings. The Morgan fingerprint density at radius 2 is 2.00 bits per heavy atom. The maximum absolute atomic E-state index is 10.6. The van der Waals surface area contributed by atoms with Gasteiger partial charge in [0.2, 0.25) is 0 Å². The van der Waals surface area contributed by atoms with Crippen molar-refractivity contribution in [1.82, 2.24) is 0 Å². The van der Waals surface area contributed by atoms with Crippen molar-refractivity contribution in [2.45, 2.75) is 52.4 Å². The van der Waals surface area contributed by atoms with Crippen molar-refractivity contribution in [2.75, 3.05) is 0 Å². The van der Waals surface area contributed by atoms with Crippen molar-refractivity contribution >= 4 is 5.97 Å². The van der Waals surface area contributed by atoms with Crippen molar-refractivity contribution in [2.24, 2.45) is 5.92 Å². The Morgan fingerprint density at radius 1 is 1.36 bits per heavy atom. The fourth-order valence-electron chi connectivity index (χ4n) is 1.57. The predicted octanol–water partition coefficient (Wildman–Crippen LogP) is 3.62. The van der Waals surface area contributed by atoms with E-state index >= 15 is 0 Å². The third-order valence-electron chi connectivity index (χ3n) is 2.63. The largest absolute Gasteiger partial charge is 0.478 e. The molecule has 0 spiro atoms. The molecule has 0 aromatic heterocycles. The van der Waals surface area contributed by atoms with Crippen molar-refractivity contribution in [3.8, 4) is 0 Å². The predicted molar refractivity (Wildman–Crippen MR) is 59.3 cm³/mol. The number of hydrogen-bond donors (Lipinski definition) is 1. The first kappa shape index (κ1) is 13.2. The molecule has 0 saturated heterocycles. The van der Waals surface area contributed by atoms with Crippen LogP contribution in [0.25, 0.3) is 0 Å². The molecular formula is C12H22O2. The minimum atomic E-state index is -0.848. The van der Waals surface area contributed by atoms with Crippen molar-refractivity contribution in [1.29, 1.82) is 0 Å². The molecule has 0 fully saturated rings. The second-order valence-electron chi connectivity index (χ2n) is 3.88. The zero-order valence-corrected chi connectivity index (χ0v) is 9.38. The van der Waals surface area contributed by atoms with E-state index in [0.717, 1.165) is 12.8 Å². The molecule has 0 aliphatic rings. The molecule has 2 nitrogen and oxygen atoms in total. The number of unbranched alkanes of at least 4 members (excludes halogenated alkanes) is 2. The monoisotopic (exact) mass is 198 g/mol. The van der Waals surface area contributed by atoms with Gasteiger partial charge in [0.05, 0.1) is 0 Å². The molecule has 0 bridgehead atoms. The van der Waals surface area contributed by atoms with Crippen molar-refractivity contribution < 1.29 is 9.90 Å². The van der Waals surface area contributed by atoms with Crippen LogP contribution in [0.3, 0.4) is 0 Å². The zero-order chi connectivity index (χ0) is 11.0. The first-order valence-corrected chi connectivity index (χ1v) is 5.52. The van der Waals surface area contributed by atoms with E-state index < -0.39 is 5.97 Å². The van der Waals surface area contributed by atoms with Gasteiger partial charge in [0, 0.05) is 5.57 Å². The van der Waals surface area contributed by atoms with Gasteiger partial charge in [-0.1, -0.05) is 52.5 Å². The SMILES string of the molecule is C=C(CC(CC)CCCCC)C(=O)O. The Labute approximate surface area is 87.0 Å². The van der Waals surface area contributed by atoms with Crippen LogP contribution in [0.15, 0.2) is 12.2 Å². The average molecular weight is 198 g/mol. The maximum atomic E-state index is 10.6. The summed E-state index contributed by atoms with van der Waals surface area (Å²) in [4.78, 5) is 10.6. The summed E-state index contributed by atoms with van der Waals surface area (Å²) in [6.45, 7) is 7.87. The Morgan fingerprint density at radius 3 is 2.43 bits per heavy atom. The molecule has 0 aromatic carbocycles. The molecule has 82 valence electrons. The van der Waals surface area contributed by atoms with E-state index in [-0.39, 0.29) is 0 Å². The minimum Gasteiger partial charge on any atom is -0.478 e. The summed E-state index contributed by atoms with van der Waals surface area (Å²) in [5, 5.41) is 8.70. The van der Waals surface area contributed by atoms with Crippen LogP contribution in [-0.4, -0.2) is 11.1 Å². The summed E-state index contributed by atoms with van der Waals surface area (Å²) in [5.74, 6) is -0.343. The Bertz CT molecular complexity index is 185. The smallest absolute Gasteiger partial charge is 0.330 e. The van der Waals surface area contributed by atoms with Gasteiger partial charge in [-0.25, -0.2) is 4.79 Å². The topological polar surface area (TPSA) is 37.3 Å². The molecule has 0 aliphatic carbocycles. The van der Waals surface area contributed by atoms with Gasteiger partial charge in [-0.2, -0.15) is 0 Å². The van der Waals surface area contributed by atoms with Crippen LogP contribution < -0.4 is 0 Å². The first-order valence-electron chi connectivity index (χ1n) is 5.52. The molecule has 14 heavy (non-hydrogen) atoms. The molecule has 1 N–H and O–H groups in total. The van der Waals surface area contributed by atoms with Crippen LogP contribution in [0.5, 0.6) is 0 Å². The number of carbonyl (C=O) groups is 1. The van der Waals surface area contributed by atoms with E-state index in [0.29, 0.717) is 17.9 Å². The van der Waals surface area contributed by atoms with E-state index in [1.807, 2.05) is 0 Å². The average Bonchev–Trinajstić information content (AvgIpc) is 2.16. The highest BCUT2D eigenvalue weighted by atomic mass is 16.4. The van der Waals surface area contributed by atoms with Crippen LogP contribution >= 0.6 is 0 Å². The molecule has 0 radical (unpaired) electrons. The normalized spacial score (nSPS) is 12.4. The van der Waals surface area contributed by atoms with E-state index in [2.05, 4.69) is 20.4 Å². The molecule has 1 atom stereocenters. The van der Waals surface area contributed by atoms with Gasteiger partial charge in [0.1, 0.15) is 0 Å². The number of aliphatic carboxylic acids is 1. The maximum Gasteiger partial charge on any atom is 0.330 e. The number of hydrogen-bond acceptors (Lipinski definition) is 1. The van der Waals surface area contributed by atoms with Gasteiger partial charge in [-0.15, -0.1) is 0 Å². The molecule has 0 saturated carbocycles. The lowest BCUT2D eigenvalue weighted by atomic mass is 9.92. The highest BCUT2D eigenvalue weighted by Crippen LogP contribution is 2.20. The van der Waals surface area contributed by atoms with Gasteiger partial charge < -0.3 is 5.11 Å². The molecule has 1 unspecified atom stereocenters. The van der Waals surface area contributed by atoms with E-state index in [9.17, 15) is 4.79 Å². The van der Waals surface area contributed by atoms with Gasteiger partial charge in [0.25, 0.3) is 0 Å². The Kier molecular flexibility index (Phi) is 7.17. The van der Waals surface area contributed by atoms with Gasteiger partial charge in [-0.3, -0.25) is 0 Å². The summed E-state index contributed by atoms with van der Waals surface area (Å²) in [7, 11) is 0. The highest BCUT2D eigenvalue weighted by molar-refractivity contribution is 5.85. The Hall–Kier alpha value is -0.790. The molecule has 0 aliphatic heterocycles. The van der Waals surface area contributed by atoms with Crippen LogP contribution in [0, 0.1) is 5.92 Å². The molecule has 0 heterocycles. The third-order valence-corrected chi connectivity index (χ3v) is 2.63. The molecular weight excluding hydrogens is 176 g/mol. The number of rotatable bonds is 8. The standard InChI is InChI=1S/C12H22O2/c1-4-6-7-8-11(5-2)9-10(3)12(13)14/h11H,3-9H2,1-2H3,(H,13,14). The van der Waals surface area contributed by atoms with E-state index in [1.165, 1.54) is 19.3 Å². The third kappa shape index (κ3) is 5.79. The second-order valence-corrected chi connectivity index (χ2v) is 3.88. The van der Waals surface area contributed by atoms with Crippen LogP contribution in [0.1, 0.15) is 52.4 Å². The second kappa shape index (κ2) is 7.60. The van der Waals surface area contributed by atoms with Crippen molar-refractivity contribution in [3.63, 3.8) is 0 Å². The number of carboxylic acid groups (broad SMARTS) is 1. The van der Waals surface area contributed by atoms with Crippen LogP contribution in [0.2, 0.25) is 0 Å². The summed E-state index contributed by atoms with van der Waals surface area (Å²) in [5.41, 5.74) is 0.355. The quantitative estimate of drug-likeness (QED) is 0.477. The number of carboxylic acids is 1. The summed E-state index contributed by atoms with van der Waals surface area (Å²) < 4.78 is 0. The molecule has 2 heteroatoms. The van der Waals surface area contributed by atoms with Crippen LogP contribution in [0.4, 0.5) is 0 Å². The summed E-state index contributed by atoms with van der Waals surface area (Å²) in [6, 6.07) is 0. The van der Waals surface area contributed by atoms with Crippen molar-refractivity contribution in [3.05, 3.63) is 12.2 Å². The van der Waals surface area contributed by atoms with Gasteiger partial charge in [0.15, 0.2) is 0 Å². The molecule has 0 rings (SSSR count). The molecule has 0 amide bonds. The lowest BCUT2D eigenvalue weighted by molar-refractivity contribution is -0.132. The fraction of sp³-hybridized carbons (Fsp3) is 0.750. The van der Waals surface area contributed by atoms with Gasteiger partial charge in [-0.05, 0) is 12.3 Å². The lowest BCUT2D eigenvalue weighted by Gasteiger charge is -2.13. The fourth-order valence-corrected chi connectivity index (χ4v) is 1.57. The lowest BCUT2D eigenvalue weighted by Crippen LogP contribution is -2.06. The summed E-state index contributed by atoms with van der Waals surface area (Å²) >= 11 is 0. The minimum absolute atomic E-state index is 0.355. The van der Waals surface area contributed by atoms with Crippen LogP contribution in [-0.2, 0) is 4.79 Å². The highest BCUT2D eigenvalue weighted by Gasteiger charge is 2.11. The Balaban J connectivity index is 3.78. The van der Waals surface area contributed by atoms with Gasteiger partial charge >= 0.3 is 5.97 Å². The van der Waals surface area contributed by atoms with E-state index in [1.54, 1.807) is 0 Å². The summed E-state index contributed by atoms with van der Waals surface area (Å²) in [6.07, 6.45) is 6.51. The zero-order valence-electron chi connectivity index (χ0n) is 9.38. The first-order chi connectivity index (χ1) is 6.61. The van der Waals surface area contributed by atoms with E-state index in [4.69, 9.17) is 5.11 Å².